The number of nitrogens with zero attached hydrogens (tertiary/aromatic N) is 1. The van der Waals surface area contributed by atoms with Crippen molar-refractivity contribution in [3.8, 4) is 0 Å². The molecule has 0 spiro atoms. The van der Waals surface area contributed by atoms with Gasteiger partial charge in [0, 0.05) is 29.3 Å². The maximum Gasteiger partial charge on any atom is 0.243 e. The minimum Gasteiger partial charge on any atom is -0.398 e. The second kappa shape index (κ2) is 5.82. The Morgan fingerprint density at radius 1 is 1.24 bits per heavy atom. The molecule has 2 N–H and O–H groups in total. The number of aryl methyl sites for hydroxylation is 1. The lowest BCUT2D eigenvalue weighted by Crippen LogP contribution is -2.48. The molecule has 1 aromatic rings. The zero-order valence-corrected chi connectivity index (χ0v) is 14.9. The quantitative estimate of drug-likeness (QED) is 0.848. The van der Waals surface area contributed by atoms with Crippen LogP contribution >= 0.6 is 11.8 Å². The summed E-state index contributed by atoms with van der Waals surface area (Å²) in [6, 6.07) is 1.84. The first kappa shape index (κ1) is 16.6. The number of nitrogen functional groups attached to an aromatic ring is 1. The number of hydrogen-bond donors (Lipinski definition) is 1. The van der Waals surface area contributed by atoms with Gasteiger partial charge < -0.3 is 5.73 Å². The third-order valence-electron chi connectivity index (χ3n) is 4.47. The number of nitrogens with two attached hydrogens (primary N) is 1. The van der Waals surface area contributed by atoms with Gasteiger partial charge >= 0.3 is 0 Å². The molecule has 1 aromatic carbocycles. The van der Waals surface area contributed by atoms with Crippen LogP contribution in [0.1, 0.15) is 30.5 Å². The van der Waals surface area contributed by atoms with Crippen LogP contribution in [0.3, 0.4) is 0 Å². The molecule has 1 aliphatic heterocycles. The summed E-state index contributed by atoms with van der Waals surface area (Å²) in [7, 11) is -3.51. The normalized spacial score (nSPS) is 24.2. The molecule has 0 bridgehead atoms. The lowest BCUT2D eigenvalue weighted by molar-refractivity contribution is 0.340. The summed E-state index contributed by atoms with van der Waals surface area (Å²) in [5.74, 6) is 0.837. The van der Waals surface area contributed by atoms with E-state index in [4.69, 9.17) is 5.73 Å². The number of sulfonamides is 1. The van der Waals surface area contributed by atoms with Crippen LogP contribution in [0.5, 0.6) is 0 Å². The van der Waals surface area contributed by atoms with Crippen LogP contribution in [0.25, 0.3) is 0 Å². The number of benzene rings is 1. The van der Waals surface area contributed by atoms with Crippen molar-refractivity contribution in [3.63, 3.8) is 0 Å². The van der Waals surface area contributed by atoms with E-state index in [9.17, 15) is 8.42 Å². The zero-order valence-electron chi connectivity index (χ0n) is 13.3. The molecule has 1 aliphatic rings. The van der Waals surface area contributed by atoms with E-state index in [1.165, 1.54) is 0 Å². The molecule has 0 aliphatic carbocycles. The summed E-state index contributed by atoms with van der Waals surface area (Å²) in [4.78, 5) is 0.394. The molecule has 21 heavy (non-hydrogen) atoms. The Kier molecular flexibility index (Phi) is 4.61. The lowest BCUT2D eigenvalue weighted by atomic mass is 10.1. The van der Waals surface area contributed by atoms with Gasteiger partial charge in [0.1, 0.15) is 0 Å². The third kappa shape index (κ3) is 2.81. The highest BCUT2D eigenvalue weighted by Gasteiger charge is 2.37. The fraction of sp³-hybridized carbons (Fsp3) is 0.600. The van der Waals surface area contributed by atoms with Gasteiger partial charge in [-0.25, -0.2) is 8.42 Å². The van der Waals surface area contributed by atoms with Crippen LogP contribution in [0.2, 0.25) is 0 Å². The molecular formula is C15H24N2O2S2. The maximum absolute atomic E-state index is 13.2. The second-order valence-electron chi connectivity index (χ2n) is 5.79. The summed E-state index contributed by atoms with van der Waals surface area (Å²) in [6.07, 6.45) is 0. The number of rotatable bonds is 2. The number of hydrogen-bond acceptors (Lipinski definition) is 4. The van der Waals surface area contributed by atoms with Gasteiger partial charge in [-0.2, -0.15) is 16.1 Å². The Morgan fingerprint density at radius 2 is 1.86 bits per heavy atom. The van der Waals surface area contributed by atoms with Crippen LogP contribution in [-0.2, 0) is 10.0 Å². The van der Waals surface area contributed by atoms with Gasteiger partial charge in [-0.3, -0.25) is 0 Å². The molecule has 4 nitrogen and oxygen atoms in total. The summed E-state index contributed by atoms with van der Waals surface area (Å²) in [5.41, 5.74) is 8.93. The number of thioether (sulfide) groups is 1. The van der Waals surface area contributed by atoms with Crippen molar-refractivity contribution >= 4 is 27.5 Å². The number of anilines is 1. The maximum atomic E-state index is 13.2. The Bertz CT molecular complexity index is 630. The van der Waals surface area contributed by atoms with E-state index in [1.807, 2.05) is 38.6 Å². The zero-order chi connectivity index (χ0) is 15.9. The standard InChI is InChI=1S/C15H24N2O2S2/c1-9-8-14(16)11(3)15(10(9)2)21(18,19)17-6-7-20-13(5)12(17)4/h8,12-13H,6-7,16H2,1-5H3. The van der Waals surface area contributed by atoms with E-state index in [0.29, 0.717) is 27.9 Å². The van der Waals surface area contributed by atoms with Gasteiger partial charge in [-0.15, -0.1) is 0 Å². The molecule has 1 saturated heterocycles. The molecule has 0 saturated carbocycles. The summed E-state index contributed by atoms with van der Waals surface area (Å²) >= 11 is 1.83. The minimum atomic E-state index is -3.51. The molecule has 0 amide bonds. The molecule has 2 atom stereocenters. The van der Waals surface area contributed by atoms with Crippen LogP contribution in [0.15, 0.2) is 11.0 Å². The molecular weight excluding hydrogens is 304 g/mol. The summed E-state index contributed by atoms with van der Waals surface area (Å²) < 4.78 is 27.9. The minimum absolute atomic E-state index is 0.00529. The molecule has 6 heteroatoms. The van der Waals surface area contributed by atoms with Crippen molar-refractivity contribution in [3.05, 3.63) is 22.8 Å². The highest BCUT2D eigenvalue weighted by molar-refractivity contribution is 8.00. The molecule has 2 unspecified atom stereocenters. The molecule has 118 valence electrons. The van der Waals surface area contributed by atoms with Crippen LogP contribution in [-0.4, -0.2) is 36.3 Å². The Hall–Kier alpha value is -0.720. The molecule has 0 radical (unpaired) electrons. The van der Waals surface area contributed by atoms with Gasteiger partial charge in [-0.05, 0) is 50.5 Å². The van der Waals surface area contributed by atoms with Gasteiger partial charge in [0.05, 0.1) is 4.90 Å². The predicted octanol–water partition coefficient (Wildman–Crippen LogP) is 2.71. The fourth-order valence-electron chi connectivity index (χ4n) is 2.79. The first-order valence-corrected chi connectivity index (χ1v) is 9.66. The average molecular weight is 329 g/mol. The highest BCUT2D eigenvalue weighted by atomic mass is 32.2. The van der Waals surface area contributed by atoms with E-state index >= 15 is 0 Å². The predicted molar refractivity (Wildman–Crippen MR) is 90.3 cm³/mol. The van der Waals surface area contributed by atoms with E-state index in [1.54, 1.807) is 11.2 Å². The fourth-order valence-corrected chi connectivity index (χ4v) is 6.32. The van der Waals surface area contributed by atoms with Gasteiger partial charge in [0.15, 0.2) is 0 Å². The molecule has 0 aromatic heterocycles. The van der Waals surface area contributed by atoms with Crippen molar-refractivity contribution in [1.82, 2.24) is 4.31 Å². The van der Waals surface area contributed by atoms with Gasteiger partial charge in [0.25, 0.3) is 0 Å². The smallest absolute Gasteiger partial charge is 0.243 e. The second-order valence-corrected chi connectivity index (χ2v) is 9.11. The van der Waals surface area contributed by atoms with E-state index in [-0.39, 0.29) is 6.04 Å². The van der Waals surface area contributed by atoms with Crippen molar-refractivity contribution in [2.45, 2.75) is 50.8 Å². The van der Waals surface area contributed by atoms with E-state index in [2.05, 4.69) is 6.92 Å². The van der Waals surface area contributed by atoms with Crippen molar-refractivity contribution in [2.75, 3.05) is 18.0 Å². The van der Waals surface area contributed by atoms with Gasteiger partial charge in [0.2, 0.25) is 10.0 Å². The monoisotopic (exact) mass is 328 g/mol. The third-order valence-corrected chi connectivity index (χ3v) is 8.07. The van der Waals surface area contributed by atoms with E-state index in [0.717, 1.165) is 16.9 Å². The van der Waals surface area contributed by atoms with Crippen LogP contribution in [0, 0.1) is 20.8 Å². The van der Waals surface area contributed by atoms with Crippen molar-refractivity contribution in [2.24, 2.45) is 0 Å². The Balaban J connectivity index is 2.60. The van der Waals surface area contributed by atoms with Crippen LogP contribution in [0.4, 0.5) is 5.69 Å². The van der Waals surface area contributed by atoms with Crippen LogP contribution < -0.4 is 5.73 Å². The van der Waals surface area contributed by atoms with Crippen molar-refractivity contribution < 1.29 is 8.42 Å². The topological polar surface area (TPSA) is 63.4 Å². The average Bonchev–Trinajstić information content (AvgIpc) is 2.39. The van der Waals surface area contributed by atoms with E-state index < -0.39 is 10.0 Å². The summed E-state index contributed by atoms with van der Waals surface area (Å²) in [6.45, 7) is 10.2. The van der Waals surface area contributed by atoms with Gasteiger partial charge in [-0.1, -0.05) is 6.92 Å². The highest BCUT2D eigenvalue weighted by Crippen LogP contribution is 2.34. The first-order valence-electron chi connectivity index (χ1n) is 7.17. The Labute approximate surface area is 132 Å². The molecule has 2 rings (SSSR count). The molecule has 1 heterocycles. The lowest BCUT2D eigenvalue weighted by Gasteiger charge is -2.37. The van der Waals surface area contributed by atoms with Crippen molar-refractivity contribution in [1.29, 1.82) is 0 Å². The largest absolute Gasteiger partial charge is 0.398 e. The first-order chi connectivity index (χ1) is 9.67. The Morgan fingerprint density at radius 3 is 2.48 bits per heavy atom. The summed E-state index contributed by atoms with van der Waals surface area (Å²) in [5, 5.41) is 0.302. The molecule has 1 fully saturated rings. The SMILES string of the molecule is Cc1cc(N)c(C)c(S(=O)(=O)N2CCSC(C)C2C)c1C.